The van der Waals surface area contributed by atoms with E-state index < -0.39 is 16.6 Å². The standard InChI is InChI=1S/C20H27N3O6/c1-20(2,3)29-19(25)22-11-14-8-13(9-15(14)12-22)10-21-18(24)28-17-6-4-16(5-7-17)23(26)27/h4-7,13-15H,8-12H2,1-3H3,(H,21,24)/t13?,14-,15+. The molecular formula is C20H27N3O6. The number of nitrogens with zero attached hydrogens (tertiary/aromatic N) is 2. The molecule has 1 aromatic rings. The smallest absolute Gasteiger partial charge is 0.412 e. The van der Waals surface area contributed by atoms with Crippen molar-refractivity contribution in [2.24, 2.45) is 17.8 Å². The minimum atomic E-state index is -0.578. The van der Waals surface area contributed by atoms with Crippen LogP contribution in [-0.2, 0) is 4.74 Å². The Labute approximate surface area is 169 Å². The highest BCUT2D eigenvalue weighted by molar-refractivity contribution is 5.70. The Morgan fingerprint density at radius 2 is 1.76 bits per heavy atom. The van der Waals surface area contributed by atoms with Crippen molar-refractivity contribution in [2.75, 3.05) is 19.6 Å². The molecule has 0 radical (unpaired) electrons. The van der Waals surface area contributed by atoms with E-state index >= 15 is 0 Å². The molecule has 2 amide bonds. The normalized spacial score (nSPS) is 23.4. The molecule has 1 saturated carbocycles. The number of nitro benzene ring substituents is 1. The Morgan fingerprint density at radius 3 is 2.28 bits per heavy atom. The summed E-state index contributed by atoms with van der Waals surface area (Å²) in [5.74, 6) is 1.46. The molecule has 3 rings (SSSR count). The van der Waals surface area contributed by atoms with Crippen molar-refractivity contribution >= 4 is 17.9 Å². The fraction of sp³-hybridized carbons (Fsp3) is 0.600. The van der Waals surface area contributed by atoms with Crippen LogP contribution in [0, 0.1) is 27.9 Å². The molecule has 3 atom stereocenters. The number of fused-ring (bicyclic) bond motifs is 1. The van der Waals surface area contributed by atoms with Gasteiger partial charge in [-0.2, -0.15) is 0 Å². The van der Waals surface area contributed by atoms with Crippen LogP contribution in [0.5, 0.6) is 5.75 Å². The number of hydrogen-bond donors (Lipinski definition) is 1. The largest absolute Gasteiger partial charge is 0.444 e. The van der Waals surface area contributed by atoms with Crippen LogP contribution in [-0.4, -0.2) is 47.2 Å². The maximum atomic E-state index is 12.2. The summed E-state index contributed by atoms with van der Waals surface area (Å²) < 4.78 is 10.6. The van der Waals surface area contributed by atoms with Crippen molar-refractivity contribution in [3.8, 4) is 5.75 Å². The molecule has 1 aromatic carbocycles. The van der Waals surface area contributed by atoms with Crippen LogP contribution >= 0.6 is 0 Å². The number of carbonyl (C=O) groups is 2. The monoisotopic (exact) mass is 405 g/mol. The third-order valence-electron chi connectivity index (χ3n) is 5.29. The van der Waals surface area contributed by atoms with Crippen LogP contribution in [0.15, 0.2) is 24.3 Å². The predicted molar refractivity (Wildman–Crippen MR) is 105 cm³/mol. The number of nitro groups is 1. The summed E-state index contributed by atoms with van der Waals surface area (Å²) in [4.78, 5) is 36.1. The maximum absolute atomic E-state index is 12.2. The van der Waals surface area contributed by atoms with E-state index in [1.165, 1.54) is 24.3 Å². The minimum absolute atomic E-state index is 0.0596. The van der Waals surface area contributed by atoms with Crippen molar-refractivity contribution < 1.29 is 24.0 Å². The molecule has 0 bridgehead atoms. The van der Waals surface area contributed by atoms with Gasteiger partial charge >= 0.3 is 12.2 Å². The molecule has 1 unspecified atom stereocenters. The van der Waals surface area contributed by atoms with Crippen LogP contribution in [0.25, 0.3) is 0 Å². The van der Waals surface area contributed by atoms with Gasteiger partial charge in [-0.25, -0.2) is 9.59 Å². The fourth-order valence-corrected chi connectivity index (χ4v) is 4.07. The molecule has 29 heavy (non-hydrogen) atoms. The number of non-ortho nitro benzene ring substituents is 1. The summed E-state index contributed by atoms with van der Waals surface area (Å²) in [5, 5.41) is 13.4. The Morgan fingerprint density at radius 1 is 1.17 bits per heavy atom. The second-order valence-corrected chi connectivity index (χ2v) is 8.76. The second kappa shape index (κ2) is 8.26. The number of nitrogens with one attached hydrogen (secondary N) is 1. The van der Waals surface area contributed by atoms with Gasteiger partial charge in [-0.1, -0.05) is 0 Å². The van der Waals surface area contributed by atoms with Crippen molar-refractivity contribution in [1.29, 1.82) is 0 Å². The summed E-state index contributed by atoms with van der Waals surface area (Å²) in [6.45, 7) is 7.48. The van der Waals surface area contributed by atoms with Gasteiger partial charge in [0.25, 0.3) is 5.69 Å². The molecule has 2 aliphatic rings. The van der Waals surface area contributed by atoms with E-state index in [1.54, 1.807) is 4.90 Å². The molecular weight excluding hydrogens is 378 g/mol. The lowest BCUT2D eigenvalue weighted by molar-refractivity contribution is -0.384. The zero-order valence-corrected chi connectivity index (χ0v) is 16.9. The van der Waals surface area contributed by atoms with E-state index in [2.05, 4.69) is 5.32 Å². The van der Waals surface area contributed by atoms with Crippen molar-refractivity contribution in [2.45, 2.75) is 39.2 Å². The van der Waals surface area contributed by atoms with Gasteiger partial charge in [0.15, 0.2) is 0 Å². The quantitative estimate of drug-likeness (QED) is 0.605. The zero-order chi connectivity index (χ0) is 21.2. The topological polar surface area (TPSA) is 111 Å². The Balaban J connectivity index is 1.40. The lowest BCUT2D eigenvalue weighted by atomic mass is 10.0. The summed E-state index contributed by atoms with van der Waals surface area (Å²) in [6, 6.07) is 5.36. The Bertz CT molecular complexity index is 759. The summed E-state index contributed by atoms with van der Waals surface area (Å²) in [7, 11) is 0. The molecule has 0 aromatic heterocycles. The molecule has 158 valence electrons. The maximum Gasteiger partial charge on any atom is 0.412 e. The summed E-state index contributed by atoms with van der Waals surface area (Å²) in [5.41, 5.74) is -0.554. The molecule has 0 spiro atoms. The third kappa shape index (κ3) is 5.58. The molecule has 9 heteroatoms. The number of rotatable bonds is 4. The van der Waals surface area contributed by atoms with Gasteiger partial charge in [-0.15, -0.1) is 0 Å². The number of likely N-dealkylation sites (tertiary alicyclic amines) is 1. The van der Waals surface area contributed by atoms with Gasteiger partial charge in [-0.3, -0.25) is 10.1 Å². The SMILES string of the molecule is CC(C)(C)OC(=O)N1C[C@H]2CC(CNC(=O)Oc3ccc([N+](=O)[O-])cc3)C[C@H]2C1. The van der Waals surface area contributed by atoms with Gasteiger partial charge in [0, 0.05) is 31.8 Å². The van der Waals surface area contributed by atoms with E-state index in [9.17, 15) is 19.7 Å². The molecule has 1 saturated heterocycles. The van der Waals surface area contributed by atoms with Crippen molar-refractivity contribution in [1.82, 2.24) is 10.2 Å². The Kier molecular flexibility index (Phi) is 5.95. The van der Waals surface area contributed by atoms with Crippen molar-refractivity contribution in [3.63, 3.8) is 0 Å². The first-order valence-corrected chi connectivity index (χ1v) is 9.79. The lowest BCUT2D eigenvalue weighted by Gasteiger charge is -2.25. The first-order valence-electron chi connectivity index (χ1n) is 9.79. The van der Waals surface area contributed by atoms with E-state index in [4.69, 9.17) is 9.47 Å². The van der Waals surface area contributed by atoms with Crippen LogP contribution in [0.4, 0.5) is 15.3 Å². The average molecular weight is 405 g/mol. The molecule has 1 N–H and O–H groups in total. The fourth-order valence-electron chi connectivity index (χ4n) is 4.07. The molecule has 1 aliphatic heterocycles. The molecule has 1 heterocycles. The number of carbonyl (C=O) groups excluding carboxylic acids is 2. The van der Waals surface area contributed by atoms with Crippen LogP contribution in [0.3, 0.4) is 0 Å². The predicted octanol–water partition coefficient (Wildman–Crippen LogP) is 3.58. The highest BCUT2D eigenvalue weighted by Gasteiger charge is 2.43. The first kappa shape index (κ1) is 20.9. The van der Waals surface area contributed by atoms with Gasteiger partial charge < -0.3 is 19.7 Å². The van der Waals surface area contributed by atoms with Gasteiger partial charge in [-0.05, 0) is 63.5 Å². The van der Waals surface area contributed by atoms with Crippen molar-refractivity contribution in [3.05, 3.63) is 34.4 Å². The van der Waals surface area contributed by atoms with Gasteiger partial charge in [0.05, 0.1) is 4.92 Å². The van der Waals surface area contributed by atoms with Gasteiger partial charge in [0.2, 0.25) is 0 Å². The van der Waals surface area contributed by atoms with Gasteiger partial charge in [0.1, 0.15) is 11.4 Å². The minimum Gasteiger partial charge on any atom is -0.444 e. The van der Waals surface area contributed by atoms with E-state index in [0.29, 0.717) is 37.4 Å². The summed E-state index contributed by atoms with van der Waals surface area (Å²) >= 11 is 0. The van der Waals surface area contributed by atoms with Crippen LogP contribution < -0.4 is 10.1 Å². The highest BCUT2D eigenvalue weighted by atomic mass is 16.6. The third-order valence-corrected chi connectivity index (χ3v) is 5.29. The Hall–Kier alpha value is -2.84. The first-order chi connectivity index (χ1) is 13.6. The number of amides is 2. The number of ether oxygens (including phenoxy) is 2. The summed E-state index contributed by atoms with van der Waals surface area (Å²) in [6.07, 6.45) is 1.06. The van der Waals surface area contributed by atoms with E-state index in [-0.39, 0.29) is 17.5 Å². The highest BCUT2D eigenvalue weighted by Crippen LogP contribution is 2.41. The lowest BCUT2D eigenvalue weighted by Crippen LogP contribution is -2.36. The van der Waals surface area contributed by atoms with E-state index in [1.807, 2.05) is 20.8 Å². The second-order valence-electron chi connectivity index (χ2n) is 8.76. The van der Waals surface area contributed by atoms with Crippen LogP contribution in [0.1, 0.15) is 33.6 Å². The van der Waals surface area contributed by atoms with E-state index in [0.717, 1.165) is 12.8 Å². The number of benzene rings is 1. The number of hydrogen-bond acceptors (Lipinski definition) is 6. The zero-order valence-electron chi connectivity index (χ0n) is 16.9. The molecule has 9 nitrogen and oxygen atoms in total. The molecule has 2 fully saturated rings. The van der Waals surface area contributed by atoms with Crippen LogP contribution in [0.2, 0.25) is 0 Å². The molecule has 1 aliphatic carbocycles. The average Bonchev–Trinajstić information content (AvgIpc) is 3.17.